The second kappa shape index (κ2) is 5.62. The molecule has 2 nitrogen and oxygen atoms in total. The van der Waals surface area contributed by atoms with Gasteiger partial charge in [0.1, 0.15) is 0 Å². The molecule has 0 radical (unpaired) electrons. The van der Waals surface area contributed by atoms with E-state index in [0.717, 1.165) is 5.56 Å². The lowest BCUT2D eigenvalue weighted by Gasteiger charge is -2.03. The van der Waals surface area contributed by atoms with E-state index in [-0.39, 0.29) is 19.0 Å². The molecule has 1 aromatic carbocycles. The van der Waals surface area contributed by atoms with Crippen molar-refractivity contribution in [3.05, 3.63) is 33.8 Å². The highest BCUT2D eigenvalue weighted by Gasteiger charge is 2.03. The topological polar surface area (TPSA) is 35.2 Å². The van der Waals surface area contributed by atoms with E-state index in [1.54, 1.807) is 18.2 Å². The van der Waals surface area contributed by atoms with Gasteiger partial charge in [0.2, 0.25) is 0 Å². The second-order valence-corrected chi connectivity index (χ2v) is 2.83. The summed E-state index contributed by atoms with van der Waals surface area (Å²) in [5, 5.41) is 1.14. The standard InChI is InChI=1S/C7H7Cl2NO.ClH/c8-6-2-1-3-7(9)5(6)4-11-10;/h1-3H,4,10H2;1H. The predicted molar refractivity (Wildman–Crippen MR) is 52.7 cm³/mol. The first kappa shape index (κ1) is 12.0. The number of hydrogen-bond donors (Lipinski definition) is 1. The summed E-state index contributed by atoms with van der Waals surface area (Å²) in [6.45, 7) is 0.235. The van der Waals surface area contributed by atoms with Crippen LogP contribution in [0.15, 0.2) is 18.2 Å². The SMILES string of the molecule is Cl.NOCc1c(Cl)cccc1Cl. The third-order valence-corrected chi connectivity index (χ3v) is 2.00. The summed E-state index contributed by atoms with van der Waals surface area (Å²) in [5.41, 5.74) is 0.721. The average molecular weight is 229 g/mol. The lowest BCUT2D eigenvalue weighted by Crippen LogP contribution is -1.99. The van der Waals surface area contributed by atoms with Crippen molar-refractivity contribution in [2.45, 2.75) is 6.61 Å². The van der Waals surface area contributed by atoms with E-state index in [1.807, 2.05) is 0 Å². The minimum atomic E-state index is 0. The van der Waals surface area contributed by atoms with E-state index in [1.165, 1.54) is 0 Å². The molecule has 0 aromatic heterocycles. The Morgan fingerprint density at radius 3 is 2.17 bits per heavy atom. The molecule has 0 saturated heterocycles. The molecule has 0 amide bonds. The van der Waals surface area contributed by atoms with Crippen LogP contribution >= 0.6 is 35.6 Å². The minimum Gasteiger partial charge on any atom is -0.300 e. The maximum absolute atomic E-state index is 5.79. The Hall–Kier alpha value is 0.01000. The number of rotatable bonds is 2. The Morgan fingerprint density at radius 2 is 1.75 bits per heavy atom. The molecule has 0 fully saturated rings. The fourth-order valence-corrected chi connectivity index (χ4v) is 1.26. The van der Waals surface area contributed by atoms with Gasteiger partial charge in [0.25, 0.3) is 0 Å². The first-order valence-electron chi connectivity index (χ1n) is 3.00. The molecule has 68 valence electrons. The molecule has 0 aliphatic heterocycles. The molecular formula is C7H8Cl3NO. The van der Waals surface area contributed by atoms with Gasteiger partial charge >= 0.3 is 0 Å². The molecule has 0 aliphatic rings. The highest BCUT2D eigenvalue weighted by molar-refractivity contribution is 6.35. The van der Waals surface area contributed by atoms with Gasteiger partial charge in [-0.1, -0.05) is 29.3 Å². The molecule has 2 N–H and O–H groups in total. The van der Waals surface area contributed by atoms with Gasteiger partial charge < -0.3 is 0 Å². The summed E-state index contributed by atoms with van der Waals surface area (Å²) < 4.78 is 0. The van der Waals surface area contributed by atoms with Crippen molar-refractivity contribution in [1.82, 2.24) is 0 Å². The molecule has 0 unspecified atom stereocenters. The zero-order valence-electron chi connectivity index (χ0n) is 6.09. The Morgan fingerprint density at radius 1 is 1.25 bits per heavy atom. The van der Waals surface area contributed by atoms with Crippen LogP contribution in [0, 0.1) is 0 Å². The van der Waals surface area contributed by atoms with Gasteiger partial charge in [-0.2, -0.15) is 0 Å². The quantitative estimate of drug-likeness (QED) is 0.790. The van der Waals surface area contributed by atoms with Gasteiger partial charge in [0.05, 0.1) is 6.61 Å². The largest absolute Gasteiger partial charge is 0.300 e. The van der Waals surface area contributed by atoms with Crippen LogP contribution in [-0.2, 0) is 11.4 Å². The zero-order valence-corrected chi connectivity index (χ0v) is 8.42. The van der Waals surface area contributed by atoms with Gasteiger partial charge in [0, 0.05) is 15.6 Å². The number of benzene rings is 1. The van der Waals surface area contributed by atoms with Crippen molar-refractivity contribution < 1.29 is 4.84 Å². The summed E-state index contributed by atoms with van der Waals surface area (Å²) in [5.74, 6) is 4.88. The summed E-state index contributed by atoms with van der Waals surface area (Å²) >= 11 is 11.6. The highest BCUT2D eigenvalue weighted by Crippen LogP contribution is 2.24. The Bertz CT molecular complexity index is 234. The smallest absolute Gasteiger partial charge is 0.0958 e. The molecule has 1 aromatic rings. The van der Waals surface area contributed by atoms with Gasteiger partial charge in [-0.05, 0) is 12.1 Å². The van der Waals surface area contributed by atoms with E-state index < -0.39 is 0 Å². The van der Waals surface area contributed by atoms with Gasteiger partial charge in [0.15, 0.2) is 0 Å². The van der Waals surface area contributed by atoms with Crippen molar-refractivity contribution >= 4 is 35.6 Å². The fraction of sp³-hybridized carbons (Fsp3) is 0.143. The molecule has 0 bridgehead atoms. The first-order chi connectivity index (χ1) is 5.25. The first-order valence-corrected chi connectivity index (χ1v) is 3.76. The van der Waals surface area contributed by atoms with Crippen LogP contribution in [0.1, 0.15) is 5.56 Å². The molecule has 5 heteroatoms. The van der Waals surface area contributed by atoms with Gasteiger partial charge in [-0.3, -0.25) is 4.84 Å². The lowest BCUT2D eigenvalue weighted by atomic mass is 10.2. The van der Waals surface area contributed by atoms with Crippen LogP contribution in [-0.4, -0.2) is 0 Å². The summed E-state index contributed by atoms with van der Waals surface area (Å²) in [6, 6.07) is 5.24. The summed E-state index contributed by atoms with van der Waals surface area (Å²) in [6.07, 6.45) is 0. The van der Waals surface area contributed by atoms with E-state index >= 15 is 0 Å². The van der Waals surface area contributed by atoms with Crippen LogP contribution in [0.5, 0.6) is 0 Å². The van der Waals surface area contributed by atoms with E-state index in [4.69, 9.17) is 29.1 Å². The molecule has 0 aliphatic carbocycles. The highest BCUT2D eigenvalue weighted by atomic mass is 35.5. The maximum Gasteiger partial charge on any atom is 0.0958 e. The van der Waals surface area contributed by atoms with Crippen molar-refractivity contribution in [3.63, 3.8) is 0 Å². The number of hydrogen-bond acceptors (Lipinski definition) is 2. The van der Waals surface area contributed by atoms with E-state index in [2.05, 4.69) is 4.84 Å². The maximum atomic E-state index is 5.79. The molecule has 0 saturated carbocycles. The van der Waals surface area contributed by atoms with Crippen molar-refractivity contribution in [1.29, 1.82) is 0 Å². The summed E-state index contributed by atoms with van der Waals surface area (Å²) in [7, 11) is 0. The van der Waals surface area contributed by atoms with Crippen LogP contribution < -0.4 is 5.90 Å². The second-order valence-electron chi connectivity index (χ2n) is 2.01. The van der Waals surface area contributed by atoms with Crippen molar-refractivity contribution in [2.24, 2.45) is 5.90 Å². The number of halogens is 3. The Labute approximate surface area is 87.0 Å². The third kappa shape index (κ3) is 2.81. The van der Waals surface area contributed by atoms with Crippen molar-refractivity contribution in [2.75, 3.05) is 0 Å². The Balaban J connectivity index is 0.00000121. The predicted octanol–water partition coefficient (Wildman–Crippen LogP) is 2.81. The van der Waals surface area contributed by atoms with Gasteiger partial charge in [-0.25, -0.2) is 5.90 Å². The zero-order chi connectivity index (χ0) is 8.27. The monoisotopic (exact) mass is 227 g/mol. The van der Waals surface area contributed by atoms with Crippen molar-refractivity contribution in [3.8, 4) is 0 Å². The Kier molecular flexibility index (Phi) is 5.63. The van der Waals surface area contributed by atoms with Crippen LogP contribution in [0.4, 0.5) is 0 Å². The van der Waals surface area contributed by atoms with Crippen LogP contribution in [0.2, 0.25) is 10.0 Å². The van der Waals surface area contributed by atoms with E-state index in [9.17, 15) is 0 Å². The number of nitrogens with two attached hydrogens (primary N) is 1. The lowest BCUT2D eigenvalue weighted by molar-refractivity contribution is 0.124. The molecule has 1 rings (SSSR count). The van der Waals surface area contributed by atoms with E-state index in [0.29, 0.717) is 10.0 Å². The molecule has 0 spiro atoms. The normalized spacial score (nSPS) is 9.25. The van der Waals surface area contributed by atoms with Gasteiger partial charge in [-0.15, -0.1) is 12.4 Å². The van der Waals surface area contributed by atoms with Crippen LogP contribution in [0.3, 0.4) is 0 Å². The van der Waals surface area contributed by atoms with Crippen LogP contribution in [0.25, 0.3) is 0 Å². The molecule has 12 heavy (non-hydrogen) atoms. The molecule has 0 atom stereocenters. The fourth-order valence-electron chi connectivity index (χ4n) is 0.754. The average Bonchev–Trinajstić information content (AvgIpc) is 1.97. The minimum absolute atomic E-state index is 0. The summed E-state index contributed by atoms with van der Waals surface area (Å²) in [4.78, 5) is 4.42. The molecular weight excluding hydrogens is 220 g/mol. The third-order valence-electron chi connectivity index (χ3n) is 1.29. The molecule has 0 heterocycles.